The van der Waals surface area contributed by atoms with Gasteiger partial charge in [0.15, 0.2) is 0 Å². The Labute approximate surface area is 121 Å². The van der Waals surface area contributed by atoms with Gasteiger partial charge in [-0.25, -0.2) is 13.1 Å². The molecule has 0 amide bonds. The molecule has 0 aromatic heterocycles. The van der Waals surface area contributed by atoms with E-state index in [1.807, 2.05) is 12.1 Å². The van der Waals surface area contributed by atoms with E-state index in [0.29, 0.717) is 12.5 Å². The minimum absolute atomic E-state index is 0.0414. The van der Waals surface area contributed by atoms with Crippen LogP contribution in [-0.2, 0) is 10.0 Å². The second kappa shape index (κ2) is 6.24. The summed E-state index contributed by atoms with van der Waals surface area (Å²) in [5.41, 5.74) is 1.12. The highest BCUT2D eigenvalue weighted by Gasteiger charge is 2.26. The standard InChI is InChI=1S/C15H23NO3S/c1-11(2)12-6-8-14(9-7-12)20(18,19)16-10-13-4-3-5-15(13)17/h6-9,11,13,15-17H,3-5,10H2,1-2H3/t13-,15-/m0/s1. The molecule has 1 aromatic rings. The van der Waals surface area contributed by atoms with Gasteiger partial charge in [0.25, 0.3) is 0 Å². The van der Waals surface area contributed by atoms with Crippen molar-refractivity contribution in [2.24, 2.45) is 5.92 Å². The summed E-state index contributed by atoms with van der Waals surface area (Å²) >= 11 is 0. The SMILES string of the molecule is CC(C)c1ccc(S(=O)(=O)NC[C@@H]2CCC[C@@H]2O)cc1. The molecule has 1 saturated carbocycles. The van der Waals surface area contributed by atoms with Crippen molar-refractivity contribution >= 4 is 10.0 Å². The molecule has 2 atom stereocenters. The molecule has 0 saturated heterocycles. The van der Waals surface area contributed by atoms with Crippen molar-refractivity contribution < 1.29 is 13.5 Å². The van der Waals surface area contributed by atoms with Crippen LogP contribution in [0.2, 0.25) is 0 Å². The van der Waals surface area contributed by atoms with Crippen LogP contribution in [0.1, 0.15) is 44.6 Å². The molecule has 5 heteroatoms. The summed E-state index contributed by atoms with van der Waals surface area (Å²) in [6.07, 6.45) is 2.25. The van der Waals surface area contributed by atoms with Crippen LogP contribution in [0, 0.1) is 5.92 Å². The first-order valence-corrected chi connectivity index (χ1v) is 8.66. The Morgan fingerprint density at radius 2 is 1.90 bits per heavy atom. The van der Waals surface area contributed by atoms with Gasteiger partial charge in [-0.2, -0.15) is 0 Å². The third-order valence-corrected chi connectivity index (χ3v) is 5.45. The van der Waals surface area contributed by atoms with Gasteiger partial charge >= 0.3 is 0 Å². The van der Waals surface area contributed by atoms with Crippen molar-refractivity contribution in [1.82, 2.24) is 4.72 Å². The Morgan fingerprint density at radius 3 is 2.40 bits per heavy atom. The van der Waals surface area contributed by atoms with Crippen LogP contribution < -0.4 is 4.72 Å². The molecule has 1 fully saturated rings. The predicted octanol–water partition coefficient (Wildman–Crippen LogP) is 2.25. The van der Waals surface area contributed by atoms with Crippen LogP contribution in [0.5, 0.6) is 0 Å². The van der Waals surface area contributed by atoms with Crippen molar-refractivity contribution in [1.29, 1.82) is 0 Å². The first-order valence-electron chi connectivity index (χ1n) is 7.18. The van der Waals surface area contributed by atoms with Crippen LogP contribution in [0.25, 0.3) is 0 Å². The van der Waals surface area contributed by atoms with Gasteiger partial charge in [0, 0.05) is 6.54 Å². The van der Waals surface area contributed by atoms with E-state index >= 15 is 0 Å². The number of hydrogen-bond donors (Lipinski definition) is 2. The summed E-state index contributed by atoms with van der Waals surface area (Å²) in [7, 11) is -3.47. The number of rotatable bonds is 5. The lowest BCUT2D eigenvalue weighted by molar-refractivity contribution is 0.134. The van der Waals surface area contributed by atoms with E-state index < -0.39 is 10.0 Å². The lowest BCUT2D eigenvalue weighted by Crippen LogP contribution is -2.32. The van der Waals surface area contributed by atoms with Crippen molar-refractivity contribution in [3.63, 3.8) is 0 Å². The quantitative estimate of drug-likeness (QED) is 0.876. The molecular weight excluding hydrogens is 274 g/mol. The topological polar surface area (TPSA) is 66.4 Å². The minimum Gasteiger partial charge on any atom is -0.393 e. The van der Waals surface area contributed by atoms with Gasteiger partial charge in [0.1, 0.15) is 0 Å². The normalized spacial score (nSPS) is 23.4. The van der Waals surface area contributed by atoms with Gasteiger partial charge in [0.2, 0.25) is 10.0 Å². The Morgan fingerprint density at radius 1 is 1.25 bits per heavy atom. The summed E-state index contributed by atoms with van der Waals surface area (Å²) < 4.78 is 27.0. The van der Waals surface area contributed by atoms with Crippen molar-refractivity contribution in [2.75, 3.05) is 6.54 Å². The molecule has 1 aromatic carbocycles. The first-order chi connectivity index (χ1) is 9.40. The second-order valence-corrected chi connectivity index (χ2v) is 7.60. The molecule has 4 nitrogen and oxygen atoms in total. The van der Waals surface area contributed by atoms with Crippen LogP contribution in [0.3, 0.4) is 0 Å². The van der Waals surface area contributed by atoms with Gasteiger partial charge in [-0.15, -0.1) is 0 Å². The zero-order valence-corrected chi connectivity index (χ0v) is 12.9. The first kappa shape index (κ1) is 15.5. The Bertz CT molecular complexity index is 537. The molecule has 2 rings (SSSR count). The number of aliphatic hydroxyl groups is 1. The molecule has 1 aliphatic carbocycles. The van der Waals surface area contributed by atoms with Gasteiger partial charge in [-0.05, 0) is 42.4 Å². The lowest BCUT2D eigenvalue weighted by Gasteiger charge is -2.15. The second-order valence-electron chi connectivity index (χ2n) is 5.83. The molecule has 0 spiro atoms. The molecule has 0 radical (unpaired) electrons. The molecule has 1 aliphatic rings. The number of aliphatic hydroxyl groups excluding tert-OH is 1. The van der Waals surface area contributed by atoms with Crippen LogP contribution >= 0.6 is 0 Å². The maximum atomic E-state index is 12.2. The van der Waals surface area contributed by atoms with E-state index in [1.54, 1.807) is 12.1 Å². The van der Waals surface area contributed by atoms with Crippen molar-refractivity contribution in [3.05, 3.63) is 29.8 Å². The highest BCUT2D eigenvalue weighted by Crippen LogP contribution is 2.25. The van der Waals surface area contributed by atoms with Gasteiger partial charge < -0.3 is 5.11 Å². The van der Waals surface area contributed by atoms with Crippen molar-refractivity contribution in [3.8, 4) is 0 Å². The fraction of sp³-hybridized carbons (Fsp3) is 0.600. The Kier molecular flexibility index (Phi) is 4.83. The largest absolute Gasteiger partial charge is 0.393 e. The highest BCUT2D eigenvalue weighted by molar-refractivity contribution is 7.89. The van der Waals surface area contributed by atoms with E-state index in [4.69, 9.17) is 0 Å². The zero-order valence-electron chi connectivity index (χ0n) is 12.0. The predicted molar refractivity (Wildman–Crippen MR) is 79.1 cm³/mol. The molecule has 0 aliphatic heterocycles. The highest BCUT2D eigenvalue weighted by atomic mass is 32.2. The molecule has 0 bridgehead atoms. The van der Waals surface area contributed by atoms with E-state index in [1.165, 1.54) is 0 Å². The van der Waals surface area contributed by atoms with Crippen LogP contribution in [0.15, 0.2) is 29.2 Å². The van der Waals surface area contributed by atoms with E-state index in [0.717, 1.165) is 24.8 Å². The van der Waals surface area contributed by atoms with E-state index in [-0.39, 0.29) is 16.9 Å². The van der Waals surface area contributed by atoms with Crippen LogP contribution in [0.4, 0.5) is 0 Å². The average Bonchev–Trinajstić information content (AvgIpc) is 2.82. The molecule has 0 unspecified atom stereocenters. The molecule has 2 N–H and O–H groups in total. The van der Waals surface area contributed by atoms with E-state index in [2.05, 4.69) is 18.6 Å². The van der Waals surface area contributed by atoms with Gasteiger partial charge in [-0.1, -0.05) is 32.4 Å². The van der Waals surface area contributed by atoms with E-state index in [9.17, 15) is 13.5 Å². The lowest BCUT2D eigenvalue weighted by atomic mass is 10.0. The smallest absolute Gasteiger partial charge is 0.240 e. The molecule has 112 valence electrons. The third-order valence-electron chi connectivity index (χ3n) is 4.01. The van der Waals surface area contributed by atoms with Gasteiger partial charge in [0.05, 0.1) is 11.0 Å². The fourth-order valence-corrected chi connectivity index (χ4v) is 3.68. The Hall–Kier alpha value is -0.910. The summed E-state index contributed by atoms with van der Waals surface area (Å²) in [4.78, 5) is 0.286. The summed E-state index contributed by atoms with van der Waals surface area (Å²) in [5.74, 6) is 0.424. The summed E-state index contributed by atoms with van der Waals surface area (Å²) in [6, 6.07) is 6.98. The summed E-state index contributed by atoms with van der Waals surface area (Å²) in [6.45, 7) is 4.46. The maximum absolute atomic E-state index is 12.2. The number of hydrogen-bond acceptors (Lipinski definition) is 3. The van der Waals surface area contributed by atoms with Crippen molar-refractivity contribution in [2.45, 2.75) is 50.0 Å². The fourth-order valence-electron chi connectivity index (χ4n) is 2.59. The number of nitrogens with one attached hydrogen (secondary N) is 1. The maximum Gasteiger partial charge on any atom is 0.240 e. The number of sulfonamides is 1. The Balaban J connectivity index is 2.02. The third kappa shape index (κ3) is 3.59. The molecular formula is C15H23NO3S. The number of benzene rings is 1. The summed E-state index contributed by atoms with van der Waals surface area (Å²) in [5, 5.41) is 9.72. The minimum atomic E-state index is -3.47. The molecule has 20 heavy (non-hydrogen) atoms. The molecule has 0 heterocycles. The van der Waals surface area contributed by atoms with Crippen LogP contribution in [-0.4, -0.2) is 26.2 Å². The zero-order chi connectivity index (χ0) is 14.8. The van der Waals surface area contributed by atoms with Gasteiger partial charge in [-0.3, -0.25) is 0 Å². The average molecular weight is 297 g/mol. The monoisotopic (exact) mass is 297 g/mol.